The summed E-state index contributed by atoms with van der Waals surface area (Å²) in [5.41, 5.74) is 1.12. The molecule has 1 nitrogen and oxygen atoms in total. The maximum absolute atomic E-state index is 10.9. The van der Waals surface area contributed by atoms with Gasteiger partial charge >= 0.3 is 0 Å². The molecule has 0 atom stereocenters. The molecule has 2 heteroatoms. The molecule has 0 amide bonds. The number of hydrogen-bond acceptors (Lipinski definition) is 1. The number of carbonyl (C=O) groups is 1. The molecule has 1 rings (SSSR count). The lowest BCUT2D eigenvalue weighted by Gasteiger charge is -1.98. The Labute approximate surface area is 83.0 Å². The van der Waals surface area contributed by atoms with Gasteiger partial charge in [-0.2, -0.15) is 0 Å². The fourth-order valence-corrected chi connectivity index (χ4v) is 1.15. The summed E-state index contributed by atoms with van der Waals surface area (Å²) in [6.07, 6.45) is 2.63. The van der Waals surface area contributed by atoms with E-state index < -0.39 is 0 Å². The van der Waals surface area contributed by atoms with Crippen LogP contribution in [0.4, 0.5) is 0 Å². The van der Waals surface area contributed by atoms with Gasteiger partial charge in [-0.15, -0.1) is 0 Å². The summed E-state index contributed by atoms with van der Waals surface area (Å²) in [6, 6.07) is 7.52. The van der Waals surface area contributed by atoms with Crippen LogP contribution >= 0.6 is 11.6 Å². The first-order valence-electron chi connectivity index (χ1n) is 4.12. The van der Waals surface area contributed by atoms with E-state index in [9.17, 15) is 4.79 Å². The summed E-state index contributed by atoms with van der Waals surface area (Å²) in [6.45, 7) is 3.42. The minimum absolute atomic E-state index is 0.0787. The highest BCUT2D eigenvalue weighted by Crippen LogP contribution is 2.10. The van der Waals surface area contributed by atoms with Crippen LogP contribution in [0, 0.1) is 0 Å². The van der Waals surface area contributed by atoms with Crippen LogP contribution in [0.2, 0.25) is 5.02 Å². The van der Waals surface area contributed by atoms with E-state index in [1.807, 2.05) is 24.3 Å². The highest BCUT2D eigenvalue weighted by atomic mass is 35.5. The van der Waals surface area contributed by atoms with Gasteiger partial charge in [-0.1, -0.05) is 30.3 Å². The van der Waals surface area contributed by atoms with Crippen molar-refractivity contribution < 1.29 is 4.79 Å². The fourth-order valence-electron chi connectivity index (χ4n) is 1.02. The van der Waals surface area contributed by atoms with Crippen molar-refractivity contribution in [2.24, 2.45) is 0 Å². The van der Waals surface area contributed by atoms with Gasteiger partial charge < -0.3 is 0 Å². The van der Waals surface area contributed by atoms with Crippen molar-refractivity contribution in [3.05, 3.63) is 47.5 Å². The minimum atomic E-state index is 0.0787. The molecule has 13 heavy (non-hydrogen) atoms. The van der Waals surface area contributed by atoms with Crippen LogP contribution in [0.1, 0.15) is 12.0 Å². The average molecular weight is 195 g/mol. The van der Waals surface area contributed by atoms with Crippen LogP contribution in [0.5, 0.6) is 0 Å². The van der Waals surface area contributed by atoms with Gasteiger partial charge in [0, 0.05) is 11.4 Å². The van der Waals surface area contributed by atoms with Gasteiger partial charge in [0.15, 0.2) is 5.78 Å². The van der Waals surface area contributed by atoms with Crippen LogP contribution in [-0.2, 0) is 11.2 Å². The van der Waals surface area contributed by atoms with E-state index >= 15 is 0 Å². The molecular weight excluding hydrogens is 184 g/mol. The van der Waals surface area contributed by atoms with Crippen LogP contribution < -0.4 is 0 Å². The van der Waals surface area contributed by atoms with Gasteiger partial charge in [0.05, 0.1) is 0 Å². The Balaban J connectivity index is 2.50. The smallest absolute Gasteiger partial charge is 0.155 e. The van der Waals surface area contributed by atoms with Gasteiger partial charge in [-0.3, -0.25) is 4.79 Å². The van der Waals surface area contributed by atoms with E-state index in [2.05, 4.69) is 6.58 Å². The molecular formula is C11H11ClO. The third-order valence-electron chi connectivity index (χ3n) is 1.80. The molecule has 0 aliphatic heterocycles. The third kappa shape index (κ3) is 3.43. The van der Waals surface area contributed by atoms with Crippen LogP contribution in [0.25, 0.3) is 0 Å². The molecule has 0 aliphatic rings. The van der Waals surface area contributed by atoms with E-state index in [0.29, 0.717) is 6.42 Å². The third-order valence-corrected chi connectivity index (χ3v) is 2.05. The number of halogens is 1. The van der Waals surface area contributed by atoms with Gasteiger partial charge in [0.1, 0.15) is 0 Å². The number of ketones is 1. The largest absolute Gasteiger partial charge is 0.295 e. The highest BCUT2D eigenvalue weighted by molar-refractivity contribution is 6.30. The molecule has 0 unspecified atom stereocenters. The van der Waals surface area contributed by atoms with Crippen molar-refractivity contribution >= 4 is 17.4 Å². The molecule has 0 radical (unpaired) electrons. The Hall–Kier alpha value is -1.08. The topological polar surface area (TPSA) is 17.1 Å². The number of rotatable bonds is 4. The summed E-state index contributed by atoms with van der Waals surface area (Å²) in [4.78, 5) is 10.9. The maximum Gasteiger partial charge on any atom is 0.155 e. The van der Waals surface area contributed by atoms with Gasteiger partial charge in [-0.25, -0.2) is 0 Å². The lowest BCUT2D eigenvalue weighted by molar-refractivity contribution is -0.114. The van der Waals surface area contributed by atoms with Crippen LogP contribution in [0.15, 0.2) is 36.9 Å². The minimum Gasteiger partial charge on any atom is -0.295 e. The second kappa shape index (κ2) is 4.83. The van der Waals surface area contributed by atoms with Crippen molar-refractivity contribution in [2.45, 2.75) is 12.8 Å². The lowest BCUT2D eigenvalue weighted by atomic mass is 10.1. The zero-order valence-electron chi connectivity index (χ0n) is 7.29. The SMILES string of the molecule is C=CC(=O)CCc1ccc(Cl)cc1. The molecule has 0 N–H and O–H groups in total. The van der Waals surface area contributed by atoms with Crippen molar-refractivity contribution in [1.82, 2.24) is 0 Å². The van der Waals surface area contributed by atoms with Gasteiger partial charge in [0.25, 0.3) is 0 Å². The van der Waals surface area contributed by atoms with Gasteiger partial charge in [-0.05, 0) is 30.2 Å². The molecule has 1 aromatic carbocycles. The molecule has 0 heterocycles. The van der Waals surface area contributed by atoms with E-state index in [0.717, 1.165) is 17.0 Å². The Morgan fingerprint density at radius 1 is 1.38 bits per heavy atom. The predicted molar refractivity (Wildman–Crippen MR) is 55.0 cm³/mol. The Kier molecular flexibility index (Phi) is 3.71. The summed E-state index contributed by atoms with van der Waals surface area (Å²) < 4.78 is 0. The monoisotopic (exact) mass is 194 g/mol. The second-order valence-electron chi connectivity index (χ2n) is 2.80. The predicted octanol–water partition coefficient (Wildman–Crippen LogP) is 3.03. The fraction of sp³-hybridized carbons (Fsp3) is 0.182. The number of hydrogen-bond donors (Lipinski definition) is 0. The molecule has 0 spiro atoms. The van der Waals surface area contributed by atoms with E-state index in [1.54, 1.807) is 0 Å². The van der Waals surface area contributed by atoms with Crippen LogP contribution in [-0.4, -0.2) is 5.78 Å². The number of aryl methyl sites for hydroxylation is 1. The molecule has 1 aromatic rings. The zero-order valence-corrected chi connectivity index (χ0v) is 8.05. The first-order chi connectivity index (χ1) is 6.22. The Morgan fingerprint density at radius 3 is 2.54 bits per heavy atom. The zero-order chi connectivity index (χ0) is 9.68. The molecule has 0 bridgehead atoms. The van der Waals surface area contributed by atoms with Crippen molar-refractivity contribution in [3.63, 3.8) is 0 Å². The van der Waals surface area contributed by atoms with E-state index in [-0.39, 0.29) is 5.78 Å². The second-order valence-corrected chi connectivity index (χ2v) is 3.23. The van der Waals surface area contributed by atoms with E-state index in [1.165, 1.54) is 6.08 Å². The van der Waals surface area contributed by atoms with Crippen molar-refractivity contribution in [2.75, 3.05) is 0 Å². The van der Waals surface area contributed by atoms with Gasteiger partial charge in [0.2, 0.25) is 0 Å². The quantitative estimate of drug-likeness (QED) is 0.674. The lowest BCUT2D eigenvalue weighted by Crippen LogP contribution is -1.94. The van der Waals surface area contributed by atoms with E-state index in [4.69, 9.17) is 11.6 Å². The summed E-state index contributed by atoms with van der Waals surface area (Å²) >= 11 is 5.72. The Morgan fingerprint density at radius 2 is 2.00 bits per heavy atom. The molecule has 0 saturated heterocycles. The number of carbonyl (C=O) groups excluding carboxylic acids is 1. The number of allylic oxidation sites excluding steroid dienone is 1. The number of benzene rings is 1. The van der Waals surface area contributed by atoms with Crippen molar-refractivity contribution in [3.8, 4) is 0 Å². The summed E-state index contributed by atoms with van der Waals surface area (Å²) in [5, 5.41) is 0.721. The van der Waals surface area contributed by atoms with Crippen molar-refractivity contribution in [1.29, 1.82) is 0 Å². The first-order valence-corrected chi connectivity index (χ1v) is 4.50. The first kappa shape index (κ1) is 10.0. The normalized spacial score (nSPS) is 9.62. The molecule has 0 saturated carbocycles. The Bertz CT molecular complexity index is 300. The summed E-state index contributed by atoms with van der Waals surface area (Å²) in [5.74, 6) is 0.0787. The molecule has 68 valence electrons. The maximum atomic E-state index is 10.9. The molecule has 0 aromatic heterocycles. The molecule has 0 aliphatic carbocycles. The average Bonchev–Trinajstić information content (AvgIpc) is 2.16. The highest BCUT2D eigenvalue weighted by Gasteiger charge is 1.97. The van der Waals surface area contributed by atoms with Crippen LogP contribution in [0.3, 0.4) is 0 Å². The molecule has 0 fully saturated rings. The summed E-state index contributed by atoms with van der Waals surface area (Å²) in [7, 11) is 0. The standard InChI is InChI=1S/C11H11ClO/c1-2-11(13)8-5-9-3-6-10(12)7-4-9/h2-4,6-7H,1,5,8H2.